The van der Waals surface area contributed by atoms with Gasteiger partial charge < -0.3 is 29.4 Å². The fourth-order valence-electron chi connectivity index (χ4n) is 4.11. The summed E-state index contributed by atoms with van der Waals surface area (Å²) in [4.78, 5) is 11.9. The van der Waals surface area contributed by atoms with Crippen LogP contribution < -0.4 is 10.1 Å². The maximum absolute atomic E-state index is 11.9. The van der Waals surface area contributed by atoms with E-state index in [0.717, 1.165) is 12.0 Å². The molecule has 7 atom stereocenters. The van der Waals surface area contributed by atoms with Crippen LogP contribution in [0, 0.1) is 0 Å². The van der Waals surface area contributed by atoms with Crippen molar-refractivity contribution in [2.75, 3.05) is 6.61 Å². The first-order chi connectivity index (χ1) is 15.5. The van der Waals surface area contributed by atoms with Gasteiger partial charge in [0.1, 0.15) is 30.1 Å². The molecule has 0 aliphatic carbocycles. The number of aliphatic hydroxyl groups is 1. The highest BCUT2D eigenvalue weighted by molar-refractivity contribution is 5.73. The topological polar surface area (TPSA) is 86.2 Å². The molecule has 1 amide bonds. The molecule has 0 aromatic heterocycles. The number of benzene rings is 2. The van der Waals surface area contributed by atoms with Crippen molar-refractivity contribution in [1.29, 1.82) is 0 Å². The second-order valence-electron chi connectivity index (χ2n) is 8.43. The predicted molar refractivity (Wildman–Crippen MR) is 118 cm³/mol. The number of hydrogen-bond acceptors (Lipinski definition) is 6. The fraction of sp³-hybridized carbons (Fsp3) is 0.480. The molecule has 0 bridgehead atoms. The predicted octanol–water partition coefficient (Wildman–Crippen LogP) is 3.28. The number of carbonyl (C=O) groups excluding carboxylic acids is 1. The molecule has 2 aromatic rings. The Kier molecular flexibility index (Phi) is 7.10. The zero-order valence-electron chi connectivity index (χ0n) is 18.6. The van der Waals surface area contributed by atoms with Crippen LogP contribution in [0.2, 0.25) is 0 Å². The lowest BCUT2D eigenvalue weighted by molar-refractivity contribution is -0.333. The van der Waals surface area contributed by atoms with Crippen LogP contribution in [0.25, 0.3) is 0 Å². The molecule has 2 heterocycles. The first-order valence-corrected chi connectivity index (χ1v) is 11.2. The number of fused-ring (bicyclic) bond motifs is 1. The van der Waals surface area contributed by atoms with Gasteiger partial charge in [0.2, 0.25) is 12.2 Å². The van der Waals surface area contributed by atoms with Crippen molar-refractivity contribution >= 4 is 5.91 Å². The normalized spacial score (nSPS) is 30.8. The number of ether oxygens (including phenoxy) is 4. The summed E-state index contributed by atoms with van der Waals surface area (Å²) in [5, 5.41) is 13.9. The van der Waals surface area contributed by atoms with Crippen molar-refractivity contribution in [3.05, 3.63) is 65.7 Å². The highest BCUT2D eigenvalue weighted by Crippen LogP contribution is 2.35. The average Bonchev–Trinajstić information content (AvgIpc) is 2.82. The van der Waals surface area contributed by atoms with Crippen LogP contribution in [-0.4, -0.2) is 48.3 Å². The lowest BCUT2D eigenvalue weighted by Crippen LogP contribution is -2.67. The molecule has 0 spiro atoms. The molecule has 7 unspecified atom stereocenters. The maximum Gasteiger partial charge on any atom is 0.223 e. The molecule has 0 saturated carbocycles. The van der Waals surface area contributed by atoms with Crippen LogP contribution in [0.1, 0.15) is 50.5 Å². The third-order valence-corrected chi connectivity index (χ3v) is 6.12. The highest BCUT2D eigenvalue weighted by atomic mass is 16.7. The lowest BCUT2D eigenvalue weighted by atomic mass is 9.95. The molecule has 2 aromatic carbocycles. The molecule has 2 N–H and O–H groups in total. The highest BCUT2D eigenvalue weighted by Gasteiger charge is 2.50. The van der Waals surface area contributed by atoms with E-state index in [0.29, 0.717) is 11.7 Å². The van der Waals surface area contributed by atoms with Gasteiger partial charge in [-0.3, -0.25) is 4.79 Å². The Balaban J connectivity index is 1.50. The molecule has 2 aliphatic rings. The third kappa shape index (κ3) is 4.96. The van der Waals surface area contributed by atoms with Gasteiger partial charge in [0.25, 0.3) is 0 Å². The summed E-state index contributed by atoms with van der Waals surface area (Å²) in [5.41, 5.74) is 2.08. The van der Waals surface area contributed by atoms with E-state index in [1.54, 1.807) is 0 Å². The van der Waals surface area contributed by atoms with Gasteiger partial charge in [-0.1, -0.05) is 56.3 Å². The first-order valence-electron chi connectivity index (χ1n) is 11.2. The number of hydrogen-bond donors (Lipinski definition) is 2. The van der Waals surface area contributed by atoms with Gasteiger partial charge in [-0.2, -0.15) is 0 Å². The summed E-state index contributed by atoms with van der Waals surface area (Å²) in [6, 6.07) is 16.5. The fourth-order valence-corrected chi connectivity index (χ4v) is 4.11. The van der Waals surface area contributed by atoms with Crippen LogP contribution in [0.5, 0.6) is 5.75 Å². The van der Waals surface area contributed by atoms with Crippen molar-refractivity contribution in [1.82, 2.24) is 5.32 Å². The second kappa shape index (κ2) is 10.0. The van der Waals surface area contributed by atoms with Crippen LogP contribution in [-0.2, 0) is 19.0 Å². The van der Waals surface area contributed by atoms with Crippen LogP contribution in [0.4, 0.5) is 0 Å². The van der Waals surface area contributed by atoms with E-state index in [2.05, 4.69) is 19.2 Å². The minimum Gasteiger partial charge on any atom is -0.463 e. The quantitative estimate of drug-likeness (QED) is 0.716. The van der Waals surface area contributed by atoms with E-state index in [9.17, 15) is 9.90 Å². The molecule has 2 saturated heterocycles. The Labute approximate surface area is 188 Å². The Morgan fingerprint density at radius 1 is 1.16 bits per heavy atom. The zero-order valence-corrected chi connectivity index (χ0v) is 18.6. The van der Waals surface area contributed by atoms with Crippen molar-refractivity contribution in [2.45, 2.75) is 70.0 Å². The number of aliphatic hydroxyl groups excluding tert-OH is 1. The van der Waals surface area contributed by atoms with Gasteiger partial charge in [-0.25, -0.2) is 0 Å². The van der Waals surface area contributed by atoms with Crippen molar-refractivity contribution in [2.24, 2.45) is 0 Å². The van der Waals surface area contributed by atoms with E-state index in [4.69, 9.17) is 18.9 Å². The average molecular weight is 442 g/mol. The summed E-state index contributed by atoms with van der Waals surface area (Å²) >= 11 is 0. The van der Waals surface area contributed by atoms with Crippen LogP contribution in [0.15, 0.2) is 54.6 Å². The minimum absolute atomic E-state index is 0.237. The van der Waals surface area contributed by atoms with Gasteiger partial charge in [-0.15, -0.1) is 0 Å². The van der Waals surface area contributed by atoms with E-state index >= 15 is 0 Å². The second-order valence-corrected chi connectivity index (χ2v) is 8.43. The molecule has 7 nitrogen and oxygen atoms in total. The largest absolute Gasteiger partial charge is 0.463 e. The maximum atomic E-state index is 11.9. The first kappa shape index (κ1) is 22.7. The van der Waals surface area contributed by atoms with Gasteiger partial charge in [-0.05, 0) is 30.0 Å². The molecule has 7 heteroatoms. The van der Waals surface area contributed by atoms with Gasteiger partial charge >= 0.3 is 0 Å². The monoisotopic (exact) mass is 441 g/mol. The zero-order chi connectivity index (χ0) is 22.7. The molecule has 0 radical (unpaired) electrons. The van der Waals surface area contributed by atoms with Crippen LogP contribution >= 0.6 is 0 Å². The Morgan fingerprint density at radius 2 is 1.88 bits per heavy atom. The standard InChI is InChI=1S/C25H31NO6/c1-4-15(2)17-10-12-19(13-11-17)30-25-21(26-16(3)27)22(28)23-20(31-25)14-29-24(32-23)18-8-6-5-7-9-18/h5-13,15,20-25,28H,4,14H2,1-3H3,(H,26,27). The van der Waals surface area contributed by atoms with Gasteiger partial charge in [0.05, 0.1) is 6.61 Å². The van der Waals surface area contributed by atoms with Crippen molar-refractivity contribution in [3.8, 4) is 5.75 Å². The molecule has 2 aliphatic heterocycles. The molecule has 32 heavy (non-hydrogen) atoms. The van der Waals surface area contributed by atoms with Gasteiger partial charge in [0.15, 0.2) is 6.29 Å². The summed E-state index contributed by atoms with van der Waals surface area (Å²) in [5.74, 6) is 0.769. The molecule has 172 valence electrons. The number of nitrogens with one attached hydrogen (secondary N) is 1. The van der Waals surface area contributed by atoms with Crippen molar-refractivity contribution in [3.63, 3.8) is 0 Å². The SMILES string of the molecule is CCC(C)c1ccc(OC2OC3COC(c4ccccc4)OC3C(O)C2NC(C)=O)cc1. The third-order valence-electron chi connectivity index (χ3n) is 6.12. The lowest BCUT2D eigenvalue weighted by Gasteiger charge is -2.47. The summed E-state index contributed by atoms with van der Waals surface area (Å²) in [7, 11) is 0. The van der Waals surface area contributed by atoms with Gasteiger partial charge in [0, 0.05) is 12.5 Å². The molecular weight excluding hydrogens is 410 g/mol. The van der Waals surface area contributed by atoms with E-state index in [1.807, 2.05) is 54.6 Å². The Morgan fingerprint density at radius 3 is 2.53 bits per heavy atom. The number of rotatable bonds is 6. The minimum atomic E-state index is -1.03. The summed E-state index contributed by atoms with van der Waals surface area (Å²) < 4.78 is 24.1. The Hall–Kier alpha value is -2.45. The number of carbonyl (C=O) groups is 1. The smallest absolute Gasteiger partial charge is 0.223 e. The molecular formula is C25H31NO6. The molecule has 4 rings (SSSR count). The van der Waals surface area contributed by atoms with Crippen LogP contribution in [0.3, 0.4) is 0 Å². The Bertz CT molecular complexity index is 889. The molecule has 2 fully saturated rings. The van der Waals surface area contributed by atoms with Crippen molar-refractivity contribution < 1.29 is 28.8 Å². The summed E-state index contributed by atoms with van der Waals surface area (Å²) in [6.45, 7) is 5.96. The summed E-state index contributed by atoms with van der Waals surface area (Å²) in [6.07, 6.45) is -2.67. The van der Waals surface area contributed by atoms with E-state index in [1.165, 1.54) is 12.5 Å². The van der Waals surface area contributed by atoms with E-state index in [-0.39, 0.29) is 12.5 Å². The van der Waals surface area contributed by atoms with E-state index < -0.39 is 36.9 Å². The number of amides is 1.